The Morgan fingerprint density at radius 3 is 2.32 bits per heavy atom. The third-order valence-corrected chi connectivity index (χ3v) is 6.80. The normalized spacial score (nSPS) is 11.8. The largest absolute Gasteiger partial charge is 0.495 e. The van der Waals surface area contributed by atoms with E-state index in [0.29, 0.717) is 16.5 Å². The average molecular weight is 568 g/mol. The van der Waals surface area contributed by atoms with Crippen LogP contribution in [0.2, 0.25) is 10.0 Å². The number of hydrogen-bond acceptors (Lipinski definition) is 8. The number of nitro benzene ring substituents is 1. The minimum Gasteiger partial charge on any atom is -0.495 e. The van der Waals surface area contributed by atoms with E-state index in [-0.39, 0.29) is 21.2 Å². The van der Waals surface area contributed by atoms with Crippen molar-refractivity contribution in [2.75, 3.05) is 17.1 Å². The molecule has 194 valence electrons. The molecule has 1 atom stereocenters. The molecule has 2 N–H and O–H groups in total. The van der Waals surface area contributed by atoms with Gasteiger partial charge in [0.1, 0.15) is 10.8 Å². The number of amides is 1. The number of carbonyl (C=O) groups is 2. The lowest BCUT2D eigenvalue weighted by Gasteiger charge is -2.15. The number of nitrogens with one attached hydrogen (secondary N) is 2. The van der Waals surface area contributed by atoms with Crippen molar-refractivity contribution in [3.63, 3.8) is 0 Å². The Kier molecular flexibility index (Phi) is 8.58. The average Bonchev–Trinajstić information content (AvgIpc) is 2.84. The molecule has 1 amide bonds. The lowest BCUT2D eigenvalue weighted by atomic mass is 10.2. The number of nitrogens with zero attached hydrogens (tertiary/aromatic N) is 1. The highest BCUT2D eigenvalue weighted by Gasteiger charge is 2.22. The zero-order valence-electron chi connectivity index (χ0n) is 19.2. The molecule has 1 unspecified atom stereocenters. The zero-order valence-corrected chi connectivity index (χ0v) is 21.6. The molecule has 3 aromatic rings. The number of rotatable bonds is 9. The number of hydrogen-bond donors (Lipinski definition) is 2. The van der Waals surface area contributed by atoms with Crippen molar-refractivity contribution in [2.24, 2.45) is 0 Å². The summed E-state index contributed by atoms with van der Waals surface area (Å²) in [5.74, 6) is -1.10. The van der Waals surface area contributed by atoms with Crippen molar-refractivity contribution < 1.29 is 32.4 Å². The van der Waals surface area contributed by atoms with E-state index < -0.39 is 38.6 Å². The minimum atomic E-state index is -4.19. The van der Waals surface area contributed by atoms with Gasteiger partial charge in [-0.25, -0.2) is 13.2 Å². The van der Waals surface area contributed by atoms with E-state index in [2.05, 4.69) is 10.0 Å². The van der Waals surface area contributed by atoms with Gasteiger partial charge in [-0.15, -0.1) is 0 Å². The van der Waals surface area contributed by atoms with E-state index in [1.807, 2.05) is 0 Å². The lowest BCUT2D eigenvalue weighted by Crippen LogP contribution is -2.30. The summed E-state index contributed by atoms with van der Waals surface area (Å²) in [5, 5.41) is 13.8. The predicted octanol–water partition coefficient (Wildman–Crippen LogP) is 4.90. The number of sulfonamides is 1. The van der Waals surface area contributed by atoms with Crippen LogP contribution in [-0.4, -0.2) is 38.4 Å². The molecule has 0 spiro atoms. The molecule has 0 bridgehead atoms. The van der Waals surface area contributed by atoms with E-state index in [0.717, 1.165) is 18.2 Å². The second-order valence-electron chi connectivity index (χ2n) is 7.43. The third kappa shape index (κ3) is 6.88. The standard InChI is InChI=1S/C23H19Cl2N3O8S/c1-13(22(29)26-19-11-15(24)5-10-21(19)35-2)36-23(30)14-3-6-16(7-4-14)27-37(33,34)17-8-9-18(25)20(12-17)28(31)32/h3-13,27H,1-2H3,(H,26,29). The van der Waals surface area contributed by atoms with E-state index in [1.165, 1.54) is 44.4 Å². The minimum absolute atomic E-state index is 0.0464. The second kappa shape index (κ2) is 11.5. The fraction of sp³-hybridized carbons (Fsp3) is 0.130. The molecule has 0 saturated heterocycles. The maximum absolute atomic E-state index is 12.6. The number of halogens is 2. The molecule has 37 heavy (non-hydrogen) atoms. The number of ether oxygens (including phenoxy) is 2. The Hall–Kier alpha value is -3.87. The molecule has 0 heterocycles. The Morgan fingerprint density at radius 1 is 1.03 bits per heavy atom. The number of esters is 1. The van der Waals surface area contributed by atoms with Gasteiger partial charge in [-0.1, -0.05) is 23.2 Å². The summed E-state index contributed by atoms with van der Waals surface area (Å²) in [7, 11) is -2.77. The van der Waals surface area contributed by atoms with Crippen LogP contribution in [0.1, 0.15) is 17.3 Å². The molecule has 0 saturated carbocycles. The molecule has 11 nitrogen and oxygen atoms in total. The van der Waals surface area contributed by atoms with Crippen LogP contribution in [0, 0.1) is 10.1 Å². The second-order valence-corrected chi connectivity index (χ2v) is 9.96. The van der Waals surface area contributed by atoms with Gasteiger partial charge < -0.3 is 14.8 Å². The maximum atomic E-state index is 12.6. The van der Waals surface area contributed by atoms with Crippen LogP contribution in [0.4, 0.5) is 17.1 Å². The van der Waals surface area contributed by atoms with E-state index in [4.69, 9.17) is 32.7 Å². The number of carbonyl (C=O) groups excluding carboxylic acids is 2. The van der Waals surface area contributed by atoms with Crippen LogP contribution in [0.25, 0.3) is 0 Å². The van der Waals surface area contributed by atoms with Crippen molar-refractivity contribution in [3.05, 3.63) is 86.4 Å². The van der Waals surface area contributed by atoms with Gasteiger partial charge in [0, 0.05) is 16.8 Å². The SMILES string of the molecule is COc1ccc(Cl)cc1NC(=O)C(C)OC(=O)c1ccc(NS(=O)(=O)c2ccc(Cl)c([N+](=O)[O-])c2)cc1. The summed E-state index contributed by atoms with van der Waals surface area (Å²) in [6, 6.07) is 12.9. The first-order chi connectivity index (χ1) is 17.4. The smallest absolute Gasteiger partial charge is 0.338 e. The molecule has 3 rings (SSSR count). The summed E-state index contributed by atoms with van der Waals surface area (Å²) in [6.07, 6.45) is -1.19. The summed E-state index contributed by atoms with van der Waals surface area (Å²) < 4.78 is 37.8. The highest BCUT2D eigenvalue weighted by Crippen LogP contribution is 2.29. The van der Waals surface area contributed by atoms with Crippen LogP contribution in [-0.2, 0) is 19.6 Å². The number of benzene rings is 3. The molecule has 0 radical (unpaired) electrons. The Bertz CT molecular complexity index is 1460. The van der Waals surface area contributed by atoms with Gasteiger partial charge in [-0.3, -0.25) is 19.6 Å². The highest BCUT2D eigenvalue weighted by atomic mass is 35.5. The monoisotopic (exact) mass is 567 g/mol. The molecule has 3 aromatic carbocycles. The Balaban J connectivity index is 1.66. The third-order valence-electron chi connectivity index (χ3n) is 4.87. The van der Waals surface area contributed by atoms with Gasteiger partial charge in [0.05, 0.1) is 28.2 Å². The first kappa shape index (κ1) is 27.7. The number of methoxy groups -OCH3 is 1. The maximum Gasteiger partial charge on any atom is 0.338 e. The molecule has 0 aliphatic heterocycles. The highest BCUT2D eigenvalue weighted by molar-refractivity contribution is 7.92. The van der Waals surface area contributed by atoms with Crippen LogP contribution in [0.15, 0.2) is 65.6 Å². The summed E-state index contributed by atoms with van der Waals surface area (Å²) in [6.45, 7) is 1.37. The zero-order chi connectivity index (χ0) is 27.3. The molecular weight excluding hydrogens is 549 g/mol. The van der Waals surface area contributed by atoms with Gasteiger partial charge >= 0.3 is 5.97 Å². The Morgan fingerprint density at radius 2 is 1.70 bits per heavy atom. The summed E-state index contributed by atoms with van der Waals surface area (Å²) in [4.78, 5) is 34.8. The van der Waals surface area contributed by atoms with E-state index in [9.17, 15) is 28.1 Å². The molecule has 0 aliphatic carbocycles. The quantitative estimate of drug-likeness (QED) is 0.210. The molecule has 0 aromatic heterocycles. The predicted molar refractivity (Wildman–Crippen MR) is 137 cm³/mol. The summed E-state index contributed by atoms with van der Waals surface area (Å²) in [5.41, 5.74) is -0.141. The van der Waals surface area contributed by atoms with Gasteiger partial charge in [-0.2, -0.15) is 0 Å². The van der Waals surface area contributed by atoms with Gasteiger partial charge in [0.25, 0.3) is 21.6 Å². The van der Waals surface area contributed by atoms with Gasteiger partial charge in [0.15, 0.2) is 6.10 Å². The topological polar surface area (TPSA) is 154 Å². The number of anilines is 2. The van der Waals surface area contributed by atoms with Crippen LogP contribution in [0.3, 0.4) is 0 Å². The molecule has 14 heteroatoms. The molecular formula is C23H19Cl2N3O8S. The first-order valence-corrected chi connectivity index (χ1v) is 12.6. The van der Waals surface area contributed by atoms with Crippen LogP contribution >= 0.6 is 23.2 Å². The van der Waals surface area contributed by atoms with Crippen molar-refractivity contribution in [1.29, 1.82) is 0 Å². The molecule has 0 aliphatic rings. The van der Waals surface area contributed by atoms with Crippen molar-refractivity contribution in [3.8, 4) is 5.75 Å². The number of nitro groups is 1. The lowest BCUT2D eigenvalue weighted by molar-refractivity contribution is -0.384. The van der Waals surface area contributed by atoms with Gasteiger partial charge in [0.2, 0.25) is 0 Å². The summed E-state index contributed by atoms with van der Waals surface area (Å²) >= 11 is 11.7. The van der Waals surface area contributed by atoms with E-state index in [1.54, 1.807) is 12.1 Å². The fourth-order valence-corrected chi connectivity index (χ4v) is 4.42. The van der Waals surface area contributed by atoms with Gasteiger partial charge in [-0.05, 0) is 61.5 Å². The van der Waals surface area contributed by atoms with Crippen molar-refractivity contribution in [1.82, 2.24) is 0 Å². The fourth-order valence-electron chi connectivity index (χ4n) is 2.98. The van der Waals surface area contributed by atoms with Crippen molar-refractivity contribution >= 4 is 62.2 Å². The van der Waals surface area contributed by atoms with Crippen molar-refractivity contribution in [2.45, 2.75) is 17.9 Å². The first-order valence-electron chi connectivity index (χ1n) is 10.3. The van der Waals surface area contributed by atoms with E-state index >= 15 is 0 Å². The van der Waals surface area contributed by atoms with Crippen LogP contribution < -0.4 is 14.8 Å². The Labute approximate surface area is 221 Å². The van der Waals surface area contributed by atoms with Crippen LogP contribution in [0.5, 0.6) is 5.75 Å². The molecule has 0 fully saturated rings.